The summed E-state index contributed by atoms with van der Waals surface area (Å²) in [5.74, 6) is 2.73. The van der Waals surface area contributed by atoms with E-state index in [0.29, 0.717) is 18.5 Å². The molecule has 0 spiro atoms. The van der Waals surface area contributed by atoms with Gasteiger partial charge in [0.15, 0.2) is 0 Å². The summed E-state index contributed by atoms with van der Waals surface area (Å²) in [6.07, 6.45) is 6.51. The predicted octanol–water partition coefficient (Wildman–Crippen LogP) is 2.90. The lowest BCUT2D eigenvalue weighted by molar-refractivity contribution is -0.119. The second-order valence-electron chi connectivity index (χ2n) is 10.8. The molecular weight excluding hydrogens is 402 g/mol. The zero-order valence-electron chi connectivity index (χ0n) is 20.7. The summed E-state index contributed by atoms with van der Waals surface area (Å²) in [4.78, 5) is 25.9. The normalized spacial score (nSPS) is 25.1. The van der Waals surface area contributed by atoms with Crippen molar-refractivity contribution in [3.8, 4) is 0 Å². The van der Waals surface area contributed by atoms with Gasteiger partial charge in [0.25, 0.3) is 0 Å². The maximum absolute atomic E-state index is 11.3. The number of aliphatic hydroxyl groups is 1. The number of aliphatic hydroxyl groups excluding tert-OH is 1. The Morgan fingerprint density at radius 2 is 1.91 bits per heavy atom. The van der Waals surface area contributed by atoms with Gasteiger partial charge in [-0.25, -0.2) is 9.97 Å². The molecule has 1 aliphatic heterocycles. The number of aromatic nitrogens is 2. The summed E-state index contributed by atoms with van der Waals surface area (Å²) in [7, 11) is 0. The first-order valence-electron chi connectivity index (χ1n) is 12.4. The third kappa shape index (κ3) is 6.88. The van der Waals surface area contributed by atoms with Crippen molar-refractivity contribution in [3.63, 3.8) is 0 Å². The van der Waals surface area contributed by atoms with E-state index in [1.165, 1.54) is 19.3 Å². The average Bonchev–Trinajstić information content (AvgIpc) is 2.73. The highest BCUT2D eigenvalue weighted by atomic mass is 16.3. The number of nitrogens with zero attached hydrogens (tertiary/aromatic N) is 4. The Bertz CT molecular complexity index is 755. The molecule has 1 aromatic rings. The number of rotatable bonds is 7. The van der Waals surface area contributed by atoms with Crippen molar-refractivity contribution < 1.29 is 9.90 Å². The van der Waals surface area contributed by atoms with E-state index in [4.69, 9.17) is 9.97 Å². The fourth-order valence-electron chi connectivity index (χ4n) is 4.99. The summed E-state index contributed by atoms with van der Waals surface area (Å²) >= 11 is 0. The van der Waals surface area contributed by atoms with Crippen LogP contribution in [0.3, 0.4) is 0 Å². The number of amides is 1. The Labute approximate surface area is 194 Å². The van der Waals surface area contributed by atoms with Gasteiger partial charge in [-0.05, 0) is 51.5 Å². The second kappa shape index (κ2) is 10.9. The predicted molar refractivity (Wildman–Crippen MR) is 129 cm³/mol. The van der Waals surface area contributed by atoms with Gasteiger partial charge in [0.2, 0.25) is 5.91 Å². The average molecular weight is 446 g/mol. The molecule has 2 heterocycles. The first-order valence-corrected chi connectivity index (χ1v) is 12.4. The Hall–Kier alpha value is -1.73. The van der Waals surface area contributed by atoms with Crippen LogP contribution in [-0.4, -0.2) is 70.8 Å². The fourth-order valence-corrected chi connectivity index (χ4v) is 4.99. The van der Waals surface area contributed by atoms with Gasteiger partial charge in [-0.2, -0.15) is 0 Å². The number of carbonyl (C=O) groups excluding carboxylic acids is 1. The summed E-state index contributed by atoms with van der Waals surface area (Å²) in [6.45, 7) is 14.6. The standard InChI is InChI=1S/C25H43N5O2/c1-18-17-30(23-16-22(11-15-31)27-24(28-23)25(3,4)5)14-13-29(18)12-10-20-6-8-21(9-7-20)26-19(2)32/h16,18,20-21,31H,6-15,17H2,1-5H3,(H,26,32). The number of carbonyl (C=O) groups is 1. The lowest BCUT2D eigenvalue weighted by atomic mass is 9.84. The Morgan fingerprint density at radius 1 is 1.19 bits per heavy atom. The van der Waals surface area contributed by atoms with Gasteiger partial charge in [0, 0.05) is 68.8 Å². The molecule has 1 unspecified atom stereocenters. The maximum atomic E-state index is 11.3. The topological polar surface area (TPSA) is 81.6 Å². The van der Waals surface area contributed by atoms with Gasteiger partial charge < -0.3 is 15.3 Å². The molecule has 1 aromatic heterocycles. The van der Waals surface area contributed by atoms with E-state index >= 15 is 0 Å². The van der Waals surface area contributed by atoms with Crippen LogP contribution in [0.15, 0.2) is 6.07 Å². The Morgan fingerprint density at radius 3 is 2.50 bits per heavy atom. The summed E-state index contributed by atoms with van der Waals surface area (Å²) in [5, 5.41) is 12.5. The molecule has 0 radical (unpaired) electrons. The molecule has 180 valence electrons. The molecule has 1 saturated heterocycles. The van der Waals surface area contributed by atoms with Crippen molar-refractivity contribution in [2.24, 2.45) is 5.92 Å². The molecule has 32 heavy (non-hydrogen) atoms. The first-order chi connectivity index (χ1) is 15.2. The van der Waals surface area contributed by atoms with Crippen LogP contribution in [0.5, 0.6) is 0 Å². The van der Waals surface area contributed by atoms with Gasteiger partial charge in [-0.1, -0.05) is 20.8 Å². The summed E-state index contributed by atoms with van der Waals surface area (Å²) < 4.78 is 0. The maximum Gasteiger partial charge on any atom is 0.217 e. The molecule has 0 aromatic carbocycles. The molecule has 2 fully saturated rings. The SMILES string of the molecule is CC(=O)NC1CCC(CCN2CCN(c3cc(CCO)nc(C(C)(C)C)n3)CC2C)CC1. The number of piperazine rings is 1. The molecule has 7 heteroatoms. The zero-order valence-corrected chi connectivity index (χ0v) is 20.7. The van der Waals surface area contributed by atoms with E-state index in [-0.39, 0.29) is 17.9 Å². The van der Waals surface area contributed by atoms with Gasteiger partial charge in [0.1, 0.15) is 11.6 Å². The molecule has 1 aliphatic carbocycles. The Balaban J connectivity index is 1.53. The van der Waals surface area contributed by atoms with Crippen LogP contribution >= 0.6 is 0 Å². The molecule has 3 rings (SSSR count). The van der Waals surface area contributed by atoms with Crippen LogP contribution in [0.2, 0.25) is 0 Å². The lowest BCUT2D eigenvalue weighted by Gasteiger charge is -2.41. The number of hydrogen-bond acceptors (Lipinski definition) is 6. The minimum atomic E-state index is -0.118. The smallest absolute Gasteiger partial charge is 0.217 e. The van der Waals surface area contributed by atoms with E-state index in [0.717, 1.165) is 62.3 Å². The molecule has 1 atom stereocenters. The van der Waals surface area contributed by atoms with Crippen LogP contribution in [-0.2, 0) is 16.6 Å². The zero-order chi connectivity index (χ0) is 23.3. The number of anilines is 1. The van der Waals surface area contributed by atoms with E-state index in [1.54, 1.807) is 6.92 Å². The monoisotopic (exact) mass is 445 g/mol. The molecule has 1 saturated carbocycles. The summed E-state index contributed by atoms with van der Waals surface area (Å²) in [5.41, 5.74) is 0.805. The van der Waals surface area contributed by atoms with Crippen molar-refractivity contribution in [1.82, 2.24) is 20.2 Å². The van der Waals surface area contributed by atoms with Crippen LogP contribution in [0, 0.1) is 5.92 Å². The first kappa shape index (κ1) is 24.9. The molecule has 2 N–H and O–H groups in total. The number of hydrogen-bond donors (Lipinski definition) is 2. The van der Waals surface area contributed by atoms with E-state index in [2.05, 4.69) is 48.9 Å². The summed E-state index contributed by atoms with van der Waals surface area (Å²) in [6, 6.07) is 2.92. The van der Waals surface area contributed by atoms with E-state index < -0.39 is 0 Å². The van der Waals surface area contributed by atoms with Gasteiger partial charge in [-0.3, -0.25) is 9.69 Å². The highest BCUT2D eigenvalue weighted by molar-refractivity contribution is 5.73. The van der Waals surface area contributed by atoms with Crippen molar-refractivity contribution in [2.75, 3.05) is 37.7 Å². The van der Waals surface area contributed by atoms with E-state index in [9.17, 15) is 9.90 Å². The molecule has 2 aliphatic rings. The van der Waals surface area contributed by atoms with Crippen molar-refractivity contribution in [2.45, 2.75) is 90.6 Å². The van der Waals surface area contributed by atoms with Gasteiger partial charge in [0.05, 0.1) is 0 Å². The van der Waals surface area contributed by atoms with Crippen LogP contribution in [0.4, 0.5) is 5.82 Å². The highest BCUT2D eigenvalue weighted by Gasteiger charge is 2.28. The van der Waals surface area contributed by atoms with Crippen LogP contribution in [0.1, 0.15) is 78.2 Å². The van der Waals surface area contributed by atoms with E-state index in [1.807, 2.05) is 0 Å². The minimum absolute atomic E-state index is 0.0990. The fraction of sp³-hybridized carbons (Fsp3) is 0.800. The molecule has 7 nitrogen and oxygen atoms in total. The van der Waals surface area contributed by atoms with Gasteiger partial charge >= 0.3 is 0 Å². The third-order valence-corrected chi connectivity index (χ3v) is 6.97. The third-order valence-electron chi connectivity index (χ3n) is 6.97. The largest absolute Gasteiger partial charge is 0.396 e. The minimum Gasteiger partial charge on any atom is -0.396 e. The molecule has 0 bridgehead atoms. The molecule has 1 amide bonds. The second-order valence-corrected chi connectivity index (χ2v) is 10.8. The van der Waals surface area contributed by atoms with Crippen molar-refractivity contribution in [3.05, 3.63) is 17.6 Å². The van der Waals surface area contributed by atoms with Crippen molar-refractivity contribution in [1.29, 1.82) is 0 Å². The van der Waals surface area contributed by atoms with Crippen molar-refractivity contribution >= 4 is 11.7 Å². The lowest BCUT2D eigenvalue weighted by Crippen LogP contribution is -2.52. The number of nitrogens with one attached hydrogen (secondary N) is 1. The van der Waals surface area contributed by atoms with Gasteiger partial charge in [-0.15, -0.1) is 0 Å². The van der Waals surface area contributed by atoms with Crippen LogP contribution < -0.4 is 10.2 Å². The highest BCUT2D eigenvalue weighted by Crippen LogP contribution is 2.28. The molecular formula is C25H43N5O2. The Kier molecular flexibility index (Phi) is 8.50. The quantitative estimate of drug-likeness (QED) is 0.672. The van der Waals surface area contributed by atoms with Crippen LogP contribution in [0.25, 0.3) is 0 Å².